The van der Waals surface area contributed by atoms with Gasteiger partial charge in [-0.05, 0) is 24.7 Å². The fourth-order valence-corrected chi connectivity index (χ4v) is 5.16. The Kier molecular flexibility index (Phi) is 3.54. The van der Waals surface area contributed by atoms with Crippen LogP contribution >= 0.6 is 0 Å². The minimum Gasteiger partial charge on any atom is -0.327 e. The Morgan fingerprint density at radius 2 is 1.76 bits per heavy atom. The van der Waals surface area contributed by atoms with Crippen LogP contribution in [0, 0.1) is 5.41 Å². The zero-order chi connectivity index (χ0) is 12.7. The van der Waals surface area contributed by atoms with Crippen molar-refractivity contribution in [2.75, 3.05) is 13.1 Å². The molecule has 1 aliphatic carbocycles. The molecule has 1 unspecified atom stereocenters. The third-order valence-corrected chi connectivity index (χ3v) is 6.71. The zero-order valence-electron chi connectivity index (χ0n) is 10.9. The average molecular weight is 260 g/mol. The molecule has 2 fully saturated rings. The van der Waals surface area contributed by atoms with E-state index in [4.69, 9.17) is 5.73 Å². The number of nitrogens with two attached hydrogens (primary N) is 1. The van der Waals surface area contributed by atoms with E-state index in [1.54, 1.807) is 4.31 Å². The van der Waals surface area contributed by atoms with Crippen molar-refractivity contribution in [3.05, 3.63) is 0 Å². The summed E-state index contributed by atoms with van der Waals surface area (Å²) in [4.78, 5) is 0. The van der Waals surface area contributed by atoms with E-state index in [-0.39, 0.29) is 16.7 Å². The average Bonchev–Trinajstić information content (AvgIpc) is 2.75. The minimum absolute atomic E-state index is 0.107. The highest BCUT2D eigenvalue weighted by Crippen LogP contribution is 2.33. The summed E-state index contributed by atoms with van der Waals surface area (Å²) in [5.41, 5.74) is 5.94. The smallest absolute Gasteiger partial charge is 0.216 e. The van der Waals surface area contributed by atoms with Gasteiger partial charge >= 0.3 is 0 Å². The van der Waals surface area contributed by atoms with Gasteiger partial charge in [-0.1, -0.05) is 26.7 Å². The number of hydrogen-bond donors (Lipinski definition) is 1. The van der Waals surface area contributed by atoms with Crippen molar-refractivity contribution >= 4 is 10.0 Å². The quantitative estimate of drug-likeness (QED) is 0.814. The Hall–Kier alpha value is -0.130. The summed E-state index contributed by atoms with van der Waals surface area (Å²) >= 11 is 0. The maximum Gasteiger partial charge on any atom is 0.216 e. The van der Waals surface area contributed by atoms with Crippen molar-refractivity contribution < 1.29 is 8.42 Å². The van der Waals surface area contributed by atoms with Crippen LogP contribution in [0.25, 0.3) is 0 Å². The lowest BCUT2D eigenvalue weighted by atomic mass is 9.81. The Labute approximate surface area is 105 Å². The first-order chi connectivity index (χ1) is 7.84. The van der Waals surface area contributed by atoms with Crippen LogP contribution < -0.4 is 5.73 Å². The van der Waals surface area contributed by atoms with Gasteiger partial charge in [0, 0.05) is 19.1 Å². The summed E-state index contributed by atoms with van der Waals surface area (Å²) in [6.45, 7) is 5.30. The molecule has 0 aromatic rings. The fourth-order valence-electron chi connectivity index (χ4n) is 2.94. The summed E-state index contributed by atoms with van der Waals surface area (Å²) in [6, 6.07) is 0.109. The molecule has 4 nitrogen and oxygen atoms in total. The van der Waals surface area contributed by atoms with E-state index < -0.39 is 10.0 Å². The number of nitrogens with zero attached hydrogens (tertiary/aromatic N) is 1. The lowest BCUT2D eigenvalue weighted by Crippen LogP contribution is -2.55. The largest absolute Gasteiger partial charge is 0.327 e. The lowest BCUT2D eigenvalue weighted by Gasteiger charge is -2.42. The SMILES string of the molecule is CC1(C)CN(S(=O)(=O)C2CCCC2)CCC1N. The summed E-state index contributed by atoms with van der Waals surface area (Å²) in [5, 5.41) is -0.132. The first-order valence-corrected chi connectivity index (χ1v) is 8.09. The van der Waals surface area contributed by atoms with Crippen LogP contribution in [0.5, 0.6) is 0 Å². The van der Waals surface area contributed by atoms with Gasteiger partial charge in [-0.25, -0.2) is 12.7 Å². The van der Waals surface area contributed by atoms with Crippen molar-refractivity contribution in [1.82, 2.24) is 4.31 Å². The van der Waals surface area contributed by atoms with E-state index in [1.165, 1.54) is 0 Å². The van der Waals surface area contributed by atoms with Gasteiger partial charge in [-0.3, -0.25) is 0 Å². The molecule has 0 spiro atoms. The highest BCUT2D eigenvalue weighted by molar-refractivity contribution is 7.89. The van der Waals surface area contributed by atoms with Gasteiger partial charge in [0.05, 0.1) is 5.25 Å². The third-order valence-electron chi connectivity index (χ3n) is 4.36. The molecule has 0 aromatic heterocycles. The predicted molar refractivity (Wildman–Crippen MR) is 69.1 cm³/mol. The number of piperidine rings is 1. The molecule has 2 aliphatic rings. The second-order valence-corrected chi connectivity index (χ2v) is 8.38. The molecule has 0 aromatic carbocycles. The van der Waals surface area contributed by atoms with E-state index in [0.29, 0.717) is 13.1 Å². The molecule has 1 saturated carbocycles. The molecule has 1 aliphatic heterocycles. The maximum absolute atomic E-state index is 12.5. The molecular weight excluding hydrogens is 236 g/mol. The van der Waals surface area contributed by atoms with Gasteiger partial charge in [0.1, 0.15) is 0 Å². The molecule has 0 bridgehead atoms. The summed E-state index contributed by atoms with van der Waals surface area (Å²) in [6.07, 6.45) is 4.57. The normalized spacial score (nSPS) is 31.8. The molecule has 100 valence electrons. The van der Waals surface area contributed by atoms with Crippen LogP contribution in [0.15, 0.2) is 0 Å². The molecule has 2 N–H and O–H groups in total. The van der Waals surface area contributed by atoms with Crippen molar-refractivity contribution in [3.63, 3.8) is 0 Å². The standard InChI is InChI=1S/C12H24N2O2S/c1-12(2)9-14(8-7-11(12)13)17(15,16)10-5-3-4-6-10/h10-11H,3-9,13H2,1-2H3. The topological polar surface area (TPSA) is 63.4 Å². The van der Waals surface area contributed by atoms with Crippen molar-refractivity contribution in [3.8, 4) is 0 Å². The van der Waals surface area contributed by atoms with Crippen LogP contribution in [-0.2, 0) is 10.0 Å². The maximum atomic E-state index is 12.5. The van der Waals surface area contributed by atoms with Gasteiger partial charge in [0.15, 0.2) is 0 Å². The first kappa shape index (κ1) is 13.3. The molecule has 17 heavy (non-hydrogen) atoms. The Morgan fingerprint density at radius 1 is 1.18 bits per heavy atom. The Balaban J connectivity index is 2.12. The summed E-state index contributed by atoms with van der Waals surface area (Å²) in [7, 11) is -3.08. The van der Waals surface area contributed by atoms with E-state index >= 15 is 0 Å². The van der Waals surface area contributed by atoms with Gasteiger partial charge in [0.2, 0.25) is 10.0 Å². The highest BCUT2D eigenvalue weighted by Gasteiger charge is 2.41. The summed E-state index contributed by atoms with van der Waals surface area (Å²) in [5.74, 6) is 0. The van der Waals surface area contributed by atoms with Crippen molar-refractivity contribution in [2.45, 2.75) is 57.2 Å². The van der Waals surface area contributed by atoms with E-state index in [2.05, 4.69) is 13.8 Å². The van der Waals surface area contributed by atoms with Crippen LogP contribution in [0.3, 0.4) is 0 Å². The van der Waals surface area contributed by atoms with E-state index in [1.807, 2.05) is 0 Å². The molecule has 0 amide bonds. The fraction of sp³-hybridized carbons (Fsp3) is 1.00. The van der Waals surface area contributed by atoms with E-state index in [0.717, 1.165) is 32.1 Å². The molecule has 1 heterocycles. The van der Waals surface area contributed by atoms with E-state index in [9.17, 15) is 8.42 Å². The lowest BCUT2D eigenvalue weighted by molar-refractivity contribution is 0.154. The summed E-state index contributed by atoms with van der Waals surface area (Å²) < 4.78 is 26.6. The number of rotatable bonds is 2. The molecule has 1 saturated heterocycles. The van der Waals surface area contributed by atoms with Crippen LogP contribution in [0.2, 0.25) is 0 Å². The van der Waals surface area contributed by atoms with Gasteiger partial charge in [0.25, 0.3) is 0 Å². The van der Waals surface area contributed by atoms with Crippen molar-refractivity contribution in [2.24, 2.45) is 11.1 Å². The van der Waals surface area contributed by atoms with Crippen molar-refractivity contribution in [1.29, 1.82) is 0 Å². The highest BCUT2D eigenvalue weighted by atomic mass is 32.2. The second-order valence-electron chi connectivity index (χ2n) is 6.17. The monoisotopic (exact) mass is 260 g/mol. The predicted octanol–water partition coefficient (Wildman–Crippen LogP) is 1.32. The van der Waals surface area contributed by atoms with Gasteiger partial charge < -0.3 is 5.73 Å². The Morgan fingerprint density at radius 3 is 2.29 bits per heavy atom. The molecular formula is C12H24N2O2S. The molecule has 0 radical (unpaired) electrons. The first-order valence-electron chi connectivity index (χ1n) is 6.58. The number of hydrogen-bond acceptors (Lipinski definition) is 3. The second kappa shape index (κ2) is 4.52. The molecule has 1 atom stereocenters. The van der Waals surface area contributed by atoms with Gasteiger partial charge in [-0.2, -0.15) is 0 Å². The molecule has 5 heteroatoms. The Bertz CT molecular complexity index is 372. The number of sulfonamides is 1. The van der Waals surface area contributed by atoms with Gasteiger partial charge in [-0.15, -0.1) is 0 Å². The zero-order valence-corrected chi connectivity index (χ0v) is 11.7. The molecule has 2 rings (SSSR count). The van der Waals surface area contributed by atoms with Crippen LogP contribution in [0.4, 0.5) is 0 Å². The van der Waals surface area contributed by atoms with Crippen LogP contribution in [-0.4, -0.2) is 37.1 Å². The third kappa shape index (κ3) is 2.51. The van der Waals surface area contributed by atoms with Crippen LogP contribution in [0.1, 0.15) is 46.0 Å². The minimum atomic E-state index is -3.08.